The molecule has 0 saturated carbocycles. The van der Waals surface area contributed by atoms with Crippen molar-refractivity contribution in [1.29, 1.82) is 0 Å². The Morgan fingerprint density at radius 2 is 2.00 bits per heavy atom. The maximum atomic E-state index is 12.2. The molecule has 1 aliphatic rings. The molecule has 0 N–H and O–H groups in total. The van der Waals surface area contributed by atoms with Crippen molar-refractivity contribution in [3.05, 3.63) is 42.0 Å². The van der Waals surface area contributed by atoms with Gasteiger partial charge in [-0.2, -0.15) is 0 Å². The van der Waals surface area contributed by atoms with E-state index in [9.17, 15) is 8.42 Å². The molecule has 110 valence electrons. The van der Waals surface area contributed by atoms with E-state index < -0.39 is 15.6 Å². The lowest BCUT2D eigenvalue weighted by Crippen LogP contribution is -2.22. The van der Waals surface area contributed by atoms with Gasteiger partial charge in [0.2, 0.25) is 0 Å². The fourth-order valence-electron chi connectivity index (χ4n) is 2.01. The van der Waals surface area contributed by atoms with E-state index in [-0.39, 0.29) is 11.9 Å². The Balaban J connectivity index is 2.06. The summed E-state index contributed by atoms with van der Waals surface area (Å²) in [6.45, 7) is 6.03. The van der Waals surface area contributed by atoms with Gasteiger partial charge in [-0.1, -0.05) is 24.3 Å². The number of benzene rings is 1. The molecule has 0 bridgehead atoms. The highest BCUT2D eigenvalue weighted by Crippen LogP contribution is 2.26. The zero-order valence-electron chi connectivity index (χ0n) is 12.0. The van der Waals surface area contributed by atoms with Crippen LogP contribution in [0.25, 0.3) is 0 Å². The number of rotatable bonds is 4. The van der Waals surface area contributed by atoms with Gasteiger partial charge in [-0.15, -0.1) is 0 Å². The molecule has 0 aliphatic carbocycles. The Labute approximate surface area is 120 Å². The second kappa shape index (κ2) is 5.68. The van der Waals surface area contributed by atoms with Crippen LogP contribution in [0.5, 0.6) is 0 Å². The lowest BCUT2D eigenvalue weighted by Gasteiger charge is -2.17. The van der Waals surface area contributed by atoms with E-state index in [1.165, 1.54) is 0 Å². The fraction of sp³-hybridized carbons (Fsp3) is 0.467. The standard InChI is InChI=1S/C15H20O4S/c1-12(14-11-18-15(2,3)19-14)9-10-20(16,17)13-7-5-4-6-8-13/h4-9,14H,10-11H2,1-3H3/b12-9-. The predicted molar refractivity (Wildman–Crippen MR) is 77.2 cm³/mol. The van der Waals surface area contributed by atoms with Crippen molar-refractivity contribution >= 4 is 9.84 Å². The van der Waals surface area contributed by atoms with Crippen LogP contribution in [0.2, 0.25) is 0 Å². The monoisotopic (exact) mass is 296 g/mol. The van der Waals surface area contributed by atoms with Crippen molar-refractivity contribution in [3.8, 4) is 0 Å². The lowest BCUT2D eigenvalue weighted by atomic mass is 10.2. The minimum Gasteiger partial charge on any atom is -0.347 e. The zero-order chi connectivity index (χ0) is 14.8. The molecule has 1 atom stereocenters. The van der Waals surface area contributed by atoms with Gasteiger partial charge in [0.15, 0.2) is 15.6 Å². The molecule has 1 heterocycles. The minimum absolute atomic E-state index is 0.0247. The number of hydrogen-bond donors (Lipinski definition) is 0. The highest BCUT2D eigenvalue weighted by atomic mass is 32.2. The van der Waals surface area contributed by atoms with Gasteiger partial charge in [-0.05, 0) is 38.5 Å². The van der Waals surface area contributed by atoms with Gasteiger partial charge >= 0.3 is 0 Å². The topological polar surface area (TPSA) is 52.6 Å². The number of ether oxygens (including phenoxy) is 2. The van der Waals surface area contributed by atoms with Crippen molar-refractivity contribution in [1.82, 2.24) is 0 Å². The Morgan fingerprint density at radius 3 is 2.55 bits per heavy atom. The molecule has 1 aromatic carbocycles. The summed E-state index contributed by atoms with van der Waals surface area (Å²) < 4.78 is 35.5. The van der Waals surface area contributed by atoms with Crippen LogP contribution >= 0.6 is 0 Å². The van der Waals surface area contributed by atoms with Crippen molar-refractivity contribution in [2.75, 3.05) is 12.4 Å². The van der Waals surface area contributed by atoms with Crippen LogP contribution in [0.4, 0.5) is 0 Å². The molecule has 0 radical (unpaired) electrons. The SMILES string of the molecule is C/C(=C/CS(=O)(=O)c1ccccc1)C1COC(C)(C)O1. The average Bonchev–Trinajstić information content (AvgIpc) is 2.78. The second-order valence-corrected chi connectivity index (χ2v) is 7.39. The summed E-state index contributed by atoms with van der Waals surface area (Å²) >= 11 is 0. The molecule has 1 unspecified atom stereocenters. The summed E-state index contributed by atoms with van der Waals surface area (Å²) in [5.41, 5.74) is 0.884. The Bertz CT molecular complexity index is 588. The van der Waals surface area contributed by atoms with E-state index in [1.807, 2.05) is 20.8 Å². The van der Waals surface area contributed by atoms with Crippen LogP contribution in [0, 0.1) is 0 Å². The molecular weight excluding hydrogens is 276 g/mol. The zero-order valence-corrected chi connectivity index (χ0v) is 12.8. The maximum Gasteiger partial charge on any atom is 0.181 e. The highest BCUT2D eigenvalue weighted by molar-refractivity contribution is 7.91. The highest BCUT2D eigenvalue weighted by Gasteiger charge is 2.33. The van der Waals surface area contributed by atoms with Gasteiger partial charge in [-0.25, -0.2) is 8.42 Å². The van der Waals surface area contributed by atoms with E-state index in [2.05, 4.69) is 0 Å². The van der Waals surface area contributed by atoms with Crippen molar-refractivity contribution < 1.29 is 17.9 Å². The van der Waals surface area contributed by atoms with Crippen LogP contribution in [0.15, 0.2) is 46.9 Å². The summed E-state index contributed by atoms with van der Waals surface area (Å²) in [5, 5.41) is 0. The van der Waals surface area contributed by atoms with Gasteiger partial charge in [0.1, 0.15) is 6.10 Å². The van der Waals surface area contributed by atoms with Gasteiger partial charge in [-0.3, -0.25) is 0 Å². The smallest absolute Gasteiger partial charge is 0.181 e. The first-order chi connectivity index (χ1) is 9.30. The third-order valence-corrected chi connectivity index (χ3v) is 4.84. The number of sulfone groups is 1. The van der Waals surface area contributed by atoms with Crippen LogP contribution in [0.3, 0.4) is 0 Å². The van der Waals surface area contributed by atoms with Crippen molar-refractivity contribution in [2.45, 2.75) is 37.6 Å². The molecule has 5 heteroatoms. The van der Waals surface area contributed by atoms with Gasteiger partial charge < -0.3 is 9.47 Å². The van der Waals surface area contributed by atoms with Gasteiger partial charge in [0.05, 0.1) is 17.3 Å². The third kappa shape index (κ3) is 3.69. The normalized spacial score (nSPS) is 22.9. The van der Waals surface area contributed by atoms with E-state index in [1.54, 1.807) is 36.4 Å². The second-order valence-electron chi connectivity index (χ2n) is 5.36. The molecule has 1 aliphatic heterocycles. The molecule has 1 saturated heterocycles. The molecule has 1 fully saturated rings. The molecule has 0 aromatic heterocycles. The van der Waals surface area contributed by atoms with E-state index >= 15 is 0 Å². The molecule has 20 heavy (non-hydrogen) atoms. The van der Waals surface area contributed by atoms with Crippen molar-refractivity contribution in [3.63, 3.8) is 0 Å². The van der Waals surface area contributed by atoms with Crippen LogP contribution in [-0.2, 0) is 19.3 Å². The van der Waals surface area contributed by atoms with Crippen LogP contribution in [0.1, 0.15) is 20.8 Å². The van der Waals surface area contributed by atoms with Gasteiger partial charge in [0.25, 0.3) is 0 Å². The summed E-state index contributed by atoms with van der Waals surface area (Å²) in [7, 11) is -3.29. The molecule has 0 amide bonds. The molecule has 0 spiro atoms. The summed E-state index contributed by atoms with van der Waals surface area (Å²) in [4.78, 5) is 0.341. The first-order valence-corrected chi connectivity index (χ1v) is 8.22. The molecule has 2 rings (SSSR count). The largest absolute Gasteiger partial charge is 0.347 e. The summed E-state index contributed by atoms with van der Waals surface area (Å²) in [5.74, 6) is -0.624. The van der Waals surface area contributed by atoms with E-state index in [0.717, 1.165) is 5.57 Å². The Kier molecular flexibility index (Phi) is 4.32. The van der Waals surface area contributed by atoms with Gasteiger partial charge in [0, 0.05) is 0 Å². The quantitative estimate of drug-likeness (QED) is 0.801. The maximum absolute atomic E-state index is 12.2. The number of hydrogen-bond acceptors (Lipinski definition) is 4. The lowest BCUT2D eigenvalue weighted by molar-refractivity contribution is -0.134. The molecule has 1 aromatic rings. The van der Waals surface area contributed by atoms with Crippen LogP contribution in [-0.4, -0.2) is 32.7 Å². The van der Waals surface area contributed by atoms with Crippen LogP contribution < -0.4 is 0 Å². The summed E-state index contributed by atoms with van der Waals surface area (Å²) in [6, 6.07) is 8.46. The Morgan fingerprint density at radius 1 is 1.35 bits per heavy atom. The molecule has 4 nitrogen and oxygen atoms in total. The van der Waals surface area contributed by atoms with E-state index in [0.29, 0.717) is 11.5 Å². The van der Waals surface area contributed by atoms with E-state index in [4.69, 9.17) is 9.47 Å². The minimum atomic E-state index is -3.29. The average molecular weight is 296 g/mol. The van der Waals surface area contributed by atoms with Crippen molar-refractivity contribution in [2.24, 2.45) is 0 Å². The molecular formula is C15H20O4S. The fourth-order valence-corrected chi connectivity index (χ4v) is 3.25. The first kappa shape index (κ1) is 15.2. The first-order valence-electron chi connectivity index (χ1n) is 6.56. The third-order valence-electron chi connectivity index (χ3n) is 3.24. The Hall–Kier alpha value is -1.17. The predicted octanol–water partition coefficient (Wildman–Crippen LogP) is 2.56. The summed E-state index contributed by atoms with van der Waals surface area (Å²) in [6.07, 6.45) is 1.54.